The van der Waals surface area contributed by atoms with Crippen molar-refractivity contribution in [3.05, 3.63) is 54.0 Å². The van der Waals surface area contributed by atoms with Crippen LogP contribution in [0.3, 0.4) is 0 Å². The van der Waals surface area contributed by atoms with Crippen LogP contribution in [0, 0.1) is 6.92 Å². The Morgan fingerprint density at radius 2 is 1.94 bits per heavy atom. The molecule has 1 aromatic carbocycles. The zero-order valence-electron chi connectivity index (χ0n) is 18.2. The maximum atomic E-state index is 13.6. The lowest BCUT2D eigenvalue weighted by Crippen LogP contribution is -2.49. The number of carbonyl (C=O) groups is 1. The van der Waals surface area contributed by atoms with E-state index in [1.54, 1.807) is 17.2 Å². The molecule has 9 nitrogen and oxygen atoms in total. The number of halogens is 2. The maximum Gasteiger partial charge on any atom is 0.387 e. The highest BCUT2D eigenvalue weighted by Crippen LogP contribution is 2.29. The monoisotopic (exact) mass is 458 g/mol. The SMILES string of the molecule is Cc1c(N)ccnc1O[C@@H]1CC[C@@H](C)N(C(=O)c2ccc(OC(F)F)cc2-n2nccn2)C1. The van der Waals surface area contributed by atoms with Gasteiger partial charge in [-0.25, -0.2) is 4.98 Å². The second-order valence-electron chi connectivity index (χ2n) is 7.83. The molecule has 0 saturated carbocycles. The number of amides is 1. The summed E-state index contributed by atoms with van der Waals surface area (Å²) in [6.07, 6.45) is 5.64. The molecule has 1 aliphatic rings. The smallest absolute Gasteiger partial charge is 0.387 e. The fraction of sp³-hybridized carbons (Fsp3) is 0.364. The van der Waals surface area contributed by atoms with Crippen molar-refractivity contribution in [1.29, 1.82) is 0 Å². The molecule has 1 amide bonds. The molecule has 0 aliphatic carbocycles. The number of alkyl halides is 2. The van der Waals surface area contributed by atoms with Crippen LogP contribution in [0.25, 0.3) is 5.69 Å². The molecule has 0 spiro atoms. The van der Waals surface area contributed by atoms with E-state index in [9.17, 15) is 13.6 Å². The normalized spacial score (nSPS) is 18.4. The van der Waals surface area contributed by atoms with Crippen molar-refractivity contribution in [3.8, 4) is 17.3 Å². The number of benzene rings is 1. The zero-order valence-corrected chi connectivity index (χ0v) is 18.2. The van der Waals surface area contributed by atoms with Crippen LogP contribution < -0.4 is 15.2 Å². The standard InChI is InChI=1S/C22H24F2N6O3/c1-13-3-4-16(32-20-14(2)18(25)7-8-26-20)12-29(13)21(31)17-6-5-15(33-22(23)24)11-19(17)30-27-9-10-28-30/h5-11,13,16,22H,3-4,12H2,1-2H3,(H2,25,26)/t13-,16-/m1/s1. The number of nitrogens with two attached hydrogens (primary N) is 1. The number of hydrogen-bond donors (Lipinski definition) is 1. The van der Waals surface area contributed by atoms with Gasteiger partial charge < -0.3 is 20.1 Å². The number of piperidine rings is 1. The van der Waals surface area contributed by atoms with Crippen LogP contribution in [-0.4, -0.2) is 56.1 Å². The van der Waals surface area contributed by atoms with Gasteiger partial charge in [-0.15, -0.1) is 0 Å². The fourth-order valence-electron chi connectivity index (χ4n) is 3.79. The Hall–Kier alpha value is -3.76. The van der Waals surface area contributed by atoms with Gasteiger partial charge >= 0.3 is 6.61 Å². The summed E-state index contributed by atoms with van der Waals surface area (Å²) in [7, 11) is 0. The van der Waals surface area contributed by atoms with Crippen molar-refractivity contribution >= 4 is 11.6 Å². The Bertz CT molecular complexity index is 1130. The third kappa shape index (κ3) is 4.86. The maximum absolute atomic E-state index is 13.6. The minimum atomic E-state index is -2.99. The van der Waals surface area contributed by atoms with E-state index in [1.807, 2.05) is 13.8 Å². The van der Waals surface area contributed by atoms with Crippen LogP contribution in [0.15, 0.2) is 42.9 Å². The lowest BCUT2D eigenvalue weighted by Gasteiger charge is -2.38. The quantitative estimate of drug-likeness (QED) is 0.604. The van der Waals surface area contributed by atoms with Gasteiger partial charge in [-0.1, -0.05) is 0 Å². The van der Waals surface area contributed by atoms with Crippen LogP contribution in [-0.2, 0) is 0 Å². The summed E-state index contributed by atoms with van der Waals surface area (Å²) < 4.78 is 36.0. The average Bonchev–Trinajstić information content (AvgIpc) is 3.32. The van der Waals surface area contributed by atoms with Gasteiger partial charge in [0.05, 0.1) is 24.5 Å². The minimum Gasteiger partial charge on any atom is -0.472 e. The lowest BCUT2D eigenvalue weighted by molar-refractivity contribution is -0.0498. The van der Waals surface area contributed by atoms with Crippen LogP contribution in [0.5, 0.6) is 11.6 Å². The highest BCUT2D eigenvalue weighted by molar-refractivity contribution is 5.98. The molecule has 11 heteroatoms. The molecule has 174 valence electrons. The van der Waals surface area contributed by atoms with Gasteiger partial charge in [-0.2, -0.15) is 23.8 Å². The second-order valence-corrected chi connectivity index (χ2v) is 7.83. The van der Waals surface area contributed by atoms with Crippen molar-refractivity contribution < 1.29 is 23.0 Å². The number of hydrogen-bond acceptors (Lipinski definition) is 7. The van der Waals surface area contributed by atoms with Gasteiger partial charge in [0.25, 0.3) is 5.91 Å². The second kappa shape index (κ2) is 9.39. The van der Waals surface area contributed by atoms with Gasteiger partial charge in [0.1, 0.15) is 17.5 Å². The van der Waals surface area contributed by atoms with Crippen molar-refractivity contribution in [2.75, 3.05) is 12.3 Å². The van der Waals surface area contributed by atoms with E-state index in [4.69, 9.17) is 10.5 Å². The number of likely N-dealkylation sites (tertiary alicyclic amines) is 1. The largest absolute Gasteiger partial charge is 0.472 e. The first-order valence-corrected chi connectivity index (χ1v) is 10.5. The number of aromatic nitrogens is 4. The van der Waals surface area contributed by atoms with E-state index in [1.165, 1.54) is 35.4 Å². The molecule has 0 bridgehead atoms. The van der Waals surface area contributed by atoms with Crippen molar-refractivity contribution in [2.24, 2.45) is 0 Å². The molecule has 2 N–H and O–H groups in total. The number of ether oxygens (including phenoxy) is 2. The molecule has 2 aromatic heterocycles. The molecule has 1 fully saturated rings. The van der Waals surface area contributed by atoms with Gasteiger partial charge in [-0.3, -0.25) is 4.79 Å². The van der Waals surface area contributed by atoms with E-state index in [2.05, 4.69) is 19.9 Å². The average molecular weight is 458 g/mol. The molecule has 4 rings (SSSR count). The van der Waals surface area contributed by atoms with Crippen LogP contribution in [0.1, 0.15) is 35.7 Å². The van der Waals surface area contributed by atoms with Gasteiger partial charge in [0.15, 0.2) is 0 Å². The first-order valence-electron chi connectivity index (χ1n) is 10.5. The van der Waals surface area contributed by atoms with E-state index >= 15 is 0 Å². The number of pyridine rings is 1. The first-order chi connectivity index (χ1) is 15.8. The Kier molecular flexibility index (Phi) is 6.38. The van der Waals surface area contributed by atoms with Crippen LogP contribution in [0.2, 0.25) is 0 Å². The summed E-state index contributed by atoms with van der Waals surface area (Å²) >= 11 is 0. The van der Waals surface area contributed by atoms with E-state index < -0.39 is 6.61 Å². The molecule has 0 unspecified atom stereocenters. The molecule has 2 atom stereocenters. The Labute approximate surface area is 189 Å². The fourth-order valence-corrected chi connectivity index (χ4v) is 3.79. The predicted octanol–water partition coefficient (Wildman–Crippen LogP) is 3.23. The number of anilines is 1. The number of carbonyl (C=O) groups excluding carboxylic acids is 1. The molecule has 1 saturated heterocycles. The third-order valence-corrected chi connectivity index (χ3v) is 5.64. The van der Waals surface area contributed by atoms with Gasteiger partial charge in [0, 0.05) is 29.6 Å². The topological polar surface area (TPSA) is 108 Å². The summed E-state index contributed by atoms with van der Waals surface area (Å²) in [5.74, 6) is 0.0609. The van der Waals surface area contributed by atoms with Crippen molar-refractivity contribution in [3.63, 3.8) is 0 Å². The molecule has 0 radical (unpaired) electrons. The molecule has 1 aliphatic heterocycles. The minimum absolute atomic E-state index is 0.0531. The highest BCUT2D eigenvalue weighted by atomic mass is 19.3. The molecule has 33 heavy (non-hydrogen) atoms. The van der Waals surface area contributed by atoms with Crippen molar-refractivity contribution in [1.82, 2.24) is 24.9 Å². The van der Waals surface area contributed by atoms with Crippen molar-refractivity contribution in [2.45, 2.75) is 45.4 Å². The van der Waals surface area contributed by atoms with E-state index in [-0.39, 0.29) is 35.1 Å². The van der Waals surface area contributed by atoms with Crippen LogP contribution >= 0.6 is 0 Å². The Morgan fingerprint density at radius 3 is 2.67 bits per heavy atom. The third-order valence-electron chi connectivity index (χ3n) is 5.64. The summed E-state index contributed by atoms with van der Waals surface area (Å²) in [6.45, 7) is 1.13. The lowest BCUT2D eigenvalue weighted by atomic mass is 9.99. The van der Waals surface area contributed by atoms with Crippen LogP contribution in [0.4, 0.5) is 14.5 Å². The highest BCUT2D eigenvalue weighted by Gasteiger charge is 2.32. The van der Waals surface area contributed by atoms with Gasteiger partial charge in [0.2, 0.25) is 5.88 Å². The molecule has 3 heterocycles. The summed E-state index contributed by atoms with van der Waals surface area (Å²) in [5, 5.41) is 8.10. The molecule has 3 aromatic rings. The van der Waals surface area contributed by atoms with Gasteiger partial charge in [-0.05, 0) is 44.9 Å². The Morgan fingerprint density at radius 1 is 1.18 bits per heavy atom. The van der Waals surface area contributed by atoms with E-state index in [0.29, 0.717) is 18.1 Å². The first kappa shape index (κ1) is 22.4. The summed E-state index contributed by atoms with van der Waals surface area (Å²) in [6, 6.07) is 5.74. The summed E-state index contributed by atoms with van der Waals surface area (Å²) in [5.41, 5.74) is 7.78. The zero-order chi connectivity index (χ0) is 23.5. The summed E-state index contributed by atoms with van der Waals surface area (Å²) in [4.78, 5) is 20.7. The molecular weight excluding hydrogens is 434 g/mol. The number of nitrogens with zero attached hydrogens (tertiary/aromatic N) is 5. The number of rotatable bonds is 6. The Balaban J connectivity index is 1.60. The predicted molar refractivity (Wildman–Crippen MR) is 116 cm³/mol. The number of nitrogen functional groups attached to an aromatic ring is 1. The molecular formula is C22H24F2N6O3. The van der Waals surface area contributed by atoms with E-state index in [0.717, 1.165) is 18.4 Å².